The largest absolute Gasteiger partial charge is 0.492 e. The van der Waals surface area contributed by atoms with Crippen LogP contribution in [0.2, 0.25) is 0 Å². The van der Waals surface area contributed by atoms with Crippen molar-refractivity contribution < 1.29 is 13.9 Å². The molecule has 0 aliphatic heterocycles. The van der Waals surface area contributed by atoms with E-state index in [9.17, 15) is 9.18 Å². The number of para-hydroxylation sites is 2. The lowest BCUT2D eigenvalue weighted by molar-refractivity contribution is -0.113. The molecular weight excluding hydrogens is 387 g/mol. The molecule has 2 aromatic carbocycles. The zero-order chi connectivity index (χ0) is 19.1. The number of anilines is 3. The Labute approximate surface area is 164 Å². The number of carbonyl (C=O) groups excluding carboxylic acids is 1. The van der Waals surface area contributed by atoms with E-state index >= 15 is 0 Å². The standard InChI is InChI=1S/C18H17FN4O2S2/c1-2-25-15-6-4-3-5-14(15)21-17-22-23-18(27-17)26-11-16(24)20-13-9-7-12(19)8-10-13/h3-10H,2,11H2,1H3,(H,20,24)(H,21,22). The molecule has 0 atom stereocenters. The number of ether oxygens (including phenoxy) is 1. The van der Waals surface area contributed by atoms with Crippen LogP contribution in [-0.2, 0) is 4.79 Å². The lowest BCUT2D eigenvalue weighted by atomic mass is 10.3. The number of aromatic nitrogens is 2. The molecule has 0 spiro atoms. The first-order chi connectivity index (χ1) is 13.1. The summed E-state index contributed by atoms with van der Waals surface area (Å²) in [5, 5.41) is 14.7. The van der Waals surface area contributed by atoms with Gasteiger partial charge >= 0.3 is 0 Å². The zero-order valence-electron chi connectivity index (χ0n) is 14.4. The minimum atomic E-state index is -0.345. The van der Waals surface area contributed by atoms with E-state index < -0.39 is 0 Å². The average molecular weight is 404 g/mol. The number of amides is 1. The lowest BCUT2D eigenvalue weighted by Gasteiger charge is -2.09. The first-order valence-corrected chi connectivity index (χ1v) is 9.95. The third-order valence-electron chi connectivity index (χ3n) is 3.29. The van der Waals surface area contributed by atoms with Gasteiger partial charge in [0.05, 0.1) is 18.0 Å². The molecule has 0 radical (unpaired) electrons. The highest BCUT2D eigenvalue weighted by molar-refractivity contribution is 8.01. The van der Waals surface area contributed by atoms with Gasteiger partial charge in [-0.3, -0.25) is 4.79 Å². The minimum Gasteiger partial charge on any atom is -0.492 e. The molecule has 6 nitrogen and oxygen atoms in total. The highest BCUT2D eigenvalue weighted by Gasteiger charge is 2.10. The van der Waals surface area contributed by atoms with E-state index in [2.05, 4.69) is 20.8 Å². The van der Waals surface area contributed by atoms with E-state index in [1.54, 1.807) is 0 Å². The van der Waals surface area contributed by atoms with Gasteiger partial charge in [0.25, 0.3) is 0 Å². The molecule has 0 aliphatic carbocycles. The van der Waals surface area contributed by atoms with Crippen molar-refractivity contribution in [2.75, 3.05) is 23.0 Å². The van der Waals surface area contributed by atoms with Crippen LogP contribution in [0.3, 0.4) is 0 Å². The lowest BCUT2D eigenvalue weighted by Crippen LogP contribution is -2.13. The van der Waals surface area contributed by atoms with Gasteiger partial charge in [-0.1, -0.05) is 35.2 Å². The predicted octanol–water partition coefficient (Wildman–Crippen LogP) is 4.55. The topological polar surface area (TPSA) is 76.1 Å². The minimum absolute atomic E-state index is 0.182. The Morgan fingerprint density at radius 2 is 1.96 bits per heavy atom. The van der Waals surface area contributed by atoms with Crippen molar-refractivity contribution in [3.63, 3.8) is 0 Å². The zero-order valence-corrected chi connectivity index (χ0v) is 16.1. The van der Waals surface area contributed by atoms with Crippen LogP contribution in [0.15, 0.2) is 52.9 Å². The van der Waals surface area contributed by atoms with Crippen LogP contribution in [0.25, 0.3) is 0 Å². The van der Waals surface area contributed by atoms with E-state index in [0.717, 1.165) is 11.4 Å². The van der Waals surface area contributed by atoms with Gasteiger partial charge in [0.1, 0.15) is 11.6 Å². The van der Waals surface area contributed by atoms with Crippen LogP contribution >= 0.6 is 23.1 Å². The summed E-state index contributed by atoms with van der Waals surface area (Å²) in [6.07, 6.45) is 0. The molecule has 0 saturated heterocycles. The monoisotopic (exact) mass is 404 g/mol. The molecular formula is C18H17FN4O2S2. The molecule has 0 bridgehead atoms. The van der Waals surface area contributed by atoms with Crippen LogP contribution in [0.5, 0.6) is 5.75 Å². The normalized spacial score (nSPS) is 10.4. The number of thioether (sulfide) groups is 1. The molecule has 0 saturated carbocycles. The van der Waals surface area contributed by atoms with Gasteiger partial charge in [-0.2, -0.15) is 0 Å². The molecule has 1 amide bonds. The van der Waals surface area contributed by atoms with Crippen molar-refractivity contribution >= 4 is 45.5 Å². The number of benzene rings is 2. The SMILES string of the molecule is CCOc1ccccc1Nc1nnc(SCC(=O)Nc2ccc(F)cc2)s1. The van der Waals surface area contributed by atoms with Gasteiger partial charge in [0, 0.05) is 5.69 Å². The summed E-state index contributed by atoms with van der Waals surface area (Å²) < 4.78 is 19.1. The Morgan fingerprint density at radius 3 is 2.74 bits per heavy atom. The maximum atomic E-state index is 12.9. The van der Waals surface area contributed by atoms with Gasteiger partial charge in [0.2, 0.25) is 11.0 Å². The molecule has 1 heterocycles. The van der Waals surface area contributed by atoms with E-state index in [0.29, 0.717) is 21.8 Å². The van der Waals surface area contributed by atoms with Crippen molar-refractivity contribution in [3.05, 3.63) is 54.3 Å². The first-order valence-electron chi connectivity index (χ1n) is 8.14. The second kappa shape index (κ2) is 9.33. The van der Waals surface area contributed by atoms with E-state index in [1.165, 1.54) is 47.4 Å². The molecule has 27 heavy (non-hydrogen) atoms. The van der Waals surface area contributed by atoms with Crippen molar-refractivity contribution in [1.82, 2.24) is 10.2 Å². The Morgan fingerprint density at radius 1 is 1.19 bits per heavy atom. The van der Waals surface area contributed by atoms with Crippen molar-refractivity contribution in [3.8, 4) is 5.75 Å². The van der Waals surface area contributed by atoms with Crippen molar-refractivity contribution in [1.29, 1.82) is 0 Å². The third kappa shape index (κ3) is 5.66. The summed E-state index contributed by atoms with van der Waals surface area (Å²) in [6, 6.07) is 13.2. The van der Waals surface area contributed by atoms with E-state index in [4.69, 9.17) is 4.74 Å². The average Bonchev–Trinajstić information content (AvgIpc) is 3.11. The molecule has 0 aliphatic rings. The maximum Gasteiger partial charge on any atom is 0.234 e. The van der Waals surface area contributed by atoms with Crippen LogP contribution in [0, 0.1) is 5.82 Å². The number of hydrogen-bond donors (Lipinski definition) is 2. The highest BCUT2D eigenvalue weighted by atomic mass is 32.2. The van der Waals surface area contributed by atoms with Gasteiger partial charge in [0.15, 0.2) is 4.34 Å². The maximum absolute atomic E-state index is 12.9. The van der Waals surface area contributed by atoms with Gasteiger partial charge in [-0.05, 0) is 43.3 Å². The summed E-state index contributed by atoms with van der Waals surface area (Å²) in [5.74, 6) is 0.380. The number of hydrogen-bond acceptors (Lipinski definition) is 7. The van der Waals surface area contributed by atoms with Crippen LogP contribution in [0.1, 0.15) is 6.92 Å². The quantitative estimate of drug-likeness (QED) is 0.537. The number of halogens is 1. The molecule has 3 aromatic rings. The highest BCUT2D eigenvalue weighted by Crippen LogP contribution is 2.31. The number of nitrogens with zero attached hydrogens (tertiary/aromatic N) is 2. The molecule has 140 valence electrons. The van der Waals surface area contributed by atoms with E-state index in [-0.39, 0.29) is 17.5 Å². The molecule has 0 unspecified atom stereocenters. The van der Waals surface area contributed by atoms with E-state index in [1.807, 2.05) is 31.2 Å². The summed E-state index contributed by atoms with van der Waals surface area (Å²) in [4.78, 5) is 12.0. The molecule has 0 fully saturated rings. The second-order valence-corrected chi connectivity index (χ2v) is 7.47. The summed E-state index contributed by atoms with van der Waals surface area (Å²) in [6.45, 7) is 2.49. The fourth-order valence-electron chi connectivity index (χ4n) is 2.14. The fraction of sp³-hybridized carbons (Fsp3) is 0.167. The third-order valence-corrected chi connectivity index (χ3v) is 5.26. The summed E-state index contributed by atoms with van der Waals surface area (Å²) >= 11 is 2.63. The fourth-order valence-corrected chi connectivity index (χ4v) is 3.71. The number of nitrogens with one attached hydrogen (secondary N) is 2. The summed E-state index contributed by atoms with van der Waals surface area (Å²) in [7, 11) is 0. The summed E-state index contributed by atoms with van der Waals surface area (Å²) in [5.41, 5.74) is 1.36. The van der Waals surface area contributed by atoms with Crippen LogP contribution in [-0.4, -0.2) is 28.5 Å². The second-order valence-electron chi connectivity index (χ2n) is 5.27. The van der Waals surface area contributed by atoms with Crippen LogP contribution < -0.4 is 15.4 Å². The van der Waals surface area contributed by atoms with Gasteiger partial charge in [-0.15, -0.1) is 10.2 Å². The number of rotatable bonds is 8. The molecule has 1 aromatic heterocycles. The van der Waals surface area contributed by atoms with Crippen molar-refractivity contribution in [2.45, 2.75) is 11.3 Å². The van der Waals surface area contributed by atoms with Gasteiger partial charge in [-0.25, -0.2) is 4.39 Å². The molecule has 9 heteroatoms. The Kier molecular flexibility index (Phi) is 6.61. The smallest absolute Gasteiger partial charge is 0.234 e. The molecule has 3 rings (SSSR count). The molecule has 2 N–H and O–H groups in total. The Hall–Kier alpha value is -2.65. The first kappa shape index (κ1) is 19.1. The van der Waals surface area contributed by atoms with Gasteiger partial charge < -0.3 is 15.4 Å². The predicted molar refractivity (Wildman–Crippen MR) is 107 cm³/mol. The Balaban J connectivity index is 1.53. The van der Waals surface area contributed by atoms with Crippen LogP contribution in [0.4, 0.5) is 20.9 Å². The Bertz CT molecular complexity index is 902. The number of carbonyl (C=O) groups is 1. The van der Waals surface area contributed by atoms with Crippen molar-refractivity contribution in [2.24, 2.45) is 0 Å².